The second-order valence-electron chi connectivity index (χ2n) is 6.68. The predicted octanol–water partition coefficient (Wildman–Crippen LogP) is 4.12. The summed E-state index contributed by atoms with van der Waals surface area (Å²) in [6.45, 7) is 1.11. The minimum Gasteiger partial charge on any atom is -0.484 e. The lowest BCUT2D eigenvalue weighted by atomic mass is 10.2. The first-order valence-corrected chi connectivity index (χ1v) is 11.3. The molecule has 0 heterocycles. The highest BCUT2D eigenvalue weighted by atomic mass is 35.5. The van der Waals surface area contributed by atoms with Crippen LogP contribution < -0.4 is 20.1 Å². The molecule has 166 valence electrons. The Balaban J connectivity index is 1.55. The summed E-state index contributed by atoms with van der Waals surface area (Å²) in [5.41, 5.74) is 1.44. The van der Waals surface area contributed by atoms with Crippen LogP contribution in [0.4, 0.5) is 17.1 Å². The van der Waals surface area contributed by atoms with Crippen LogP contribution in [0, 0.1) is 0 Å². The lowest BCUT2D eigenvalue weighted by Crippen LogP contribution is -2.20. The highest BCUT2D eigenvalue weighted by Crippen LogP contribution is 2.21. The van der Waals surface area contributed by atoms with Crippen LogP contribution in [0.3, 0.4) is 0 Å². The smallest absolute Gasteiger partial charge is 0.262 e. The van der Waals surface area contributed by atoms with Gasteiger partial charge in [-0.2, -0.15) is 0 Å². The van der Waals surface area contributed by atoms with E-state index in [2.05, 4.69) is 15.4 Å². The van der Waals surface area contributed by atoms with Crippen molar-refractivity contribution in [3.63, 3.8) is 0 Å². The summed E-state index contributed by atoms with van der Waals surface area (Å²) in [5.74, 6) is -0.297. The van der Waals surface area contributed by atoms with Crippen LogP contribution >= 0.6 is 11.6 Å². The monoisotopic (exact) mass is 473 g/mol. The highest BCUT2D eigenvalue weighted by molar-refractivity contribution is 7.92. The fourth-order valence-corrected chi connectivity index (χ4v) is 3.86. The Morgan fingerprint density at radius 2 is 1.50 bits per heavy atom. The molecular formula is C22H20ClN3O5S. The topological polar surface area (TPSA) is 114 Å². The van der Waals surface area contributed by atoms with E-state index in [9.17, 15) is 18.0 Å². The number of nitrogens with one attached hydrogen (secondary N) is 3. The van der Waals surface area contributed by atoms with Gasteiger partial charge in [0.25, 0.3) is 15.9 Å². The van der Waals surface area contributed by atoms with Gasteiger partial charge in [-0.1, -0.05) is 17.7 Å². The molecule has 0 saturated carbocycles. The van der Waals surface area contributed by atoms with Gasteiger partial charge in [0, 0.05) is 29.0 Å². The number of ether oxygens (including phenoxy) is 1. The summed E-state index contributed by atoms with van der Waals surface area (Å²) < 4.78 is 32.9. The molecule has 0 spiro atoms. The average Bonchev–Trinajstić information content (AvgIpc) is 2.74. The lowest BCUT2D eigenvalue weighted by Gasteiger charge is -2.11. The molecule has 3 rings (SSSR count). The van der Waals surface area contributed by atoms with Crippen molar-refractivity contribution in [3.05, 3.63) is 77.8 Å². The Hall–Kier alpha value is -3.56. The van der Waals surface area contributed by atoms with E-state index < -0.39 is 15.9 Å². The van der Waals surface area contributed by atoms with Crippen molar-refractivity contribution < 1.29 is 22.7 Å². The number of rotatable bonds is 8. The second-order valence-corrected chi connectivity index (χ2v) is 8.80. The number of halogens is 1. The summed E-state index contributed by atoms with van der Waals surface area (Å²) in [6.07, 6.45) is 0. The summed E-state index contributed by atoms with van der Waals surface area (Å²) in [4.78, 5) is 23.3. The normalized spacial score (nSPS) is 10.8. The first-order chi connectivity index (χ1) is 15.2. The molecular weight excluding hydrogens is 454 g/mol. The van der Waals surface area contributed by atoms with Crippen molar-refractivity contribution >= 4 is 50.5 Å². The Kier molecular flexibility index (Phi) is 7.34. The molecule has 2 amide bonds. The zero-order valence-corrected chi connectivity index (χ0v) is 18.5. The van der Waals surface area contributed by atoms with E-state index >= 15 is 0 Å². The van der Waals surface area contributed by atoms with Gasteiger partial charge in [-0.15, -0.1) is 0 Å². The van der Waals surface area contributed by atoms with Crippen molar-refractivity contribution in [1.82, 2.24) is 0 Å². The molecule has 0 fully saturated rings. The summed E-state index contributed by atoms with van der Waals surface area (Å²) >= 11 is 5.80. The molecule has 8 nitrogen and oxygen atoms in total. The molecule has 0 saturated heterocycles. The van der Waals surface area contributed by atoms with Gasteiger partial charge < -0.3 is 15.4 Å². The molecule has 32 heavy (non-hydrogen) atoms. The Bertz CT molecular complexity index is 1210. The third-order valence-corrected chi connectivity index (χ3v) is 5.72. The summed E-state index contributed by atoms with van der Waals surface area (Å²) in [7, 11) is -3.79. The van der Waals surface area contributed by atoms with Crippen molar-refractivity contribution in [3.8, 4) is 5.75 Å². The summed E-state index contributed by atoms with van der Waals surface area (Å²) in [5, 5.41) is 5.79. The number of carbonyl (C=O) groups is 2. The molecule has 3 aromatic rings. The number of carbonyl (C=O) groups excluding carboxylic acids is 2. The van der Waals surface area contributed by atoms with Crippen molar-refractivity contribution in [2.24, 2.45) is 0 Å². The maximum atomic E-state index is 12.5. The largest absolute Gasteiger partial charge is 0.484 e. The van der Waals surface area contributed by atoms with E-state index in [0.717, 1.165) is 0 Å². The van der Waals surface area contributed by atoms with Crippen molar-refractivity contribution in [2.75, 3.05) is 22.0 Å². The third kappa shape index (κ3) is 6.73. The first kappa shape index (κ1) is 23.1. The molecule has 0 aliphatic carbocycles. The fraction of sp³-hybridized carbons (Fsp3) is 0.0909. The summed E-state index contributed by atoms with van der Waals surface area (Å²) in [6, 6.07) is 18.6. The minimum absolute atomic E-state index is 0.0408. The van der Waals surface area contributed by atoms with Gasteiger partial charge in [-0.3, -0.25) is 14.3 Å². The van der Waals surface area contributed by atoms with Gasteiger partial charge in [0.2, 0.25) is 5.91 Å². The number of amides is 2. The first-order valence-electron chi connectivity index (χ1n) is 9.40. The molecule has 10 heteroatoms. The number of benzene rings is 3. The van der Waals surface area contributed by atoms with Gasteiger partial charge in [0.1, 0.15) is 5.75 Å². The Labute approximate surface area is 190 Å². The Morgan fingerprint density at radius 3 is 2.12 bits per heavy atom. The van der Waals surface area contributed by atoms with E-state index in [1.165, 1.54) is 31.2 Å². The van der Waals surface area contributed by atoms with Crippen molar-refractivity contribution in [2.45, 2.75) is 11.8 Å². The molecule has 0 aliphatic rings. The van der Waals surface area contributed by atoms with Crippen LogP contribution in [0.1, 0.15) is 6.92 Å². The number of sulfonamides is 1. The molecule has 0 radical (unpaired) electrons. The van der Waals surface area contributed by atoms with E-state index in [1.54, 1.807) is 48.5 Å². The molecule has 0 aromatic heterocycles. The van der Waals surface area contributed by atoms with Crippen LogP contribution in [0.15, 0.2) is 77.7 Å². The van der Waals surface area contributed by atoms with Crippen LogP contribution in [0.2, 0.25) is 5.02 Å². The predicted molar refractivity (Wildman–Crippen MR) is 124 cm³/mol. The minimum atomic E-state index is -3.79. The van der Waals surface area contributed by atoms with E-state index in [0.29, 0.717) is 27.8 Å². The highest BCUT2D eigenvalue weighted by Gasteiger charge is 2.14. The molecule has 3 N–H and O–H groups in total. The molecule has 0 atom stereocenters. The Morgan fingerprint density at radius 1 is 0.875 bits per heavy atom. The van der Waals surface area contributed by atoms with E-state index in [1.807, 2.05) is 0 Å². The maximum absolute atomic E-state index is 12.5. The SMILES string of the molecule is CC(=O)Nc1cccc(NC(=O)COc2ccc(S(=O)(=O)Nc3ccc(Cl)cc3)cc2)c1. The van der Waals surface area contributed by atoms with E-state index in [-0.39, 0.29) is 17.4 Å². The van der Waals surface area contributed by atoms with Crippen molar-refractivity contribution in [1.29, 1.82) is 0 Å². The van der Waals surface area contributed by atoms with Crippen LogP contribution in [0.25, 0.3) is 0 Å². The van der Waals surface area contributed by atoms with Crippen LogP contribution in [-0.2, 0) is 19.6 Å². The standard InChI is InChI=1S/C22H20ClN3O5S/c1-15(27)24-18-3-2-4-19(13-18)25-22(28)14-31-20-9-11-21(12-10-20)32(29,30)26-17-7-5-16(23)6-8-17/h2-13,26H,14H2,1H3,(H,24,27)(H,25,28). The fourth-order valence-electron chi connectivity index (χ4n) is 2.67. The van der Waals surface area contributed by atoms with Crippen LogP contribution in [0.5, 0.6) is 5.75 Å². The number of hydrogen-bond acceptors (Lipinski definition) is 5. The van der Waals surface area contributed by atoms with Crippen LogP contribution in [-0.4, -0.2) is 26.8 Å². The van der Waals surface area contributed by atoms with Gasteiger partial charge in [0.05, 0.1) is 4.90 Å². The second kappa shape index (κ2) is 10.2. The third-order valence-electron chi connectivity index (χ3n) is 4.07. The number of hydrogen-bond donors (Lipinski definition) is 3. The number of anilines is 3. The molecule has 3 aromatic carbocycles. The maximum Gasteiger partial charge on any atom is 0.262 e. The van der Waals surface area contributed by atoms with Gasteiger partial charge in [-0.05, 0) is 66.7 Å². The van der Waals surface area contributed by atoms with Gasteiger partial charge in [0.15, 0.2) is 6.61 Å². The van der Waals surface area contributed by atoms with E-state index in [4.69, 9.17) is 16.3 Å². The quantitative estimate of drug-likeness (QED) is 0.455. The average molecular weight is 474 g/mol. The van der Waals surface area contributed by atoms with Gasteiger partial charge >= 0.3 is 0 Å². The molecule has 0 bridgehead atoms. The molecule has 0 unspecified atom stereocenters. The molecule has 0 aliphatic heterocycles. The zero-order chi connectivity index (χ0) is 23.1. The zero-order valence-electron chi connectivity index (χ0n) is 17.0. The van der Waals surface area contributed by atoms with Gasteiger partial charge in [-0.25, -0.2) is 8.42 Å². The lowest BCUT2D eigenvalue weighted by molar-refractivity contribution is -0.118.